The molecule has 3 fully saturated rings. The van der Waals surface area contributed by atoms with Crippen LogP contribution in [0.5, 0.6) is 0 Å². The molecule has 0 radical (unpaired) electrons. The molecule has 0 unspecified atom stereocenters. The van der Waals surface area contributed by atoms with Gasteiger partial charge in [-0.25, -0.2) is 0 Å². The van der Waals surface area contributed by atoms with Crippen molar-refractivity contribution in [1.29, 1.82) is 0 Å². The van der Waals surface area contributed by atoms with Gasteiger partial charge >= 0.3 is 0 Å². The highest BCUT2D eigenvalue weighted by Crippen LogP contribution is 2.41. The molecule has 0 aromatic carbocycles. The standard InChI is InChI=1S/C16H27N3O2/c1-11(2)14(20)18-7-16(8-18)9-19(10-16)15(21)13-5-17(6-13)12(3)4/h11-13H,5-10H2,1-4H3. The predicted molar refractivity (Wildman–Crippen MR) is 80.6 cm³/mol. The predicted octanol–water partition coefficient (Wildman–Crippen LogP) is 0.653. The van der Waals surface area contributed by atoms with Crippen molar-refractivity contribution in [2.75, 3.05) is 39.3 Å². The molecule has 2 amide bonds. The summed E-state index contributed by atoms with van der Waals surface area (Å²) in [5.41, 5.74) is 0.224. The van der Waals surface area contributed by atoms with Gasteiger partial charge in [0, 0.05) is 56.6 Å². The van der Waals surface area contributed by atoms with Crippen LogP contribution < -0.4 is 0 Å². The molecule has 5 nitrogen and oxygen atoms in total. The number of carbonyl (C=O) groups is 2. The molecule has 0 aliphatic carbocycles. The Morgan fingerprint density at radius 3 is 1.95 bits per heavy atom. The van der Waals surface area contributed by atoms with E-state index >= 15 is 0 Å². The molecule has 0 aromatic heterocycles. The first kappa shape index (κ1) is 14.8. The van der Waals surface area contributed by atoms with Gasteiger partial charge in [-0.15, -0.1) is 0 Å². The molecular weight excluding hydrogens is 266 g/mol. The average Bonchev–Trinajstić information content (AvgIpc) is 2.21. The summed E-state index contributed by atoms with van der Waals surface area (Å²) in [4.78, 5) is 30.5. The molecule has 3 rings (SSSR count). The average molecular weight is 293 g/mol. The Morgan fingerprint density at radius 2 is 1.48 bits per heavy atom. The maximum atomic E-state index is 12.3. The second-order valence-corrected chi connectivity index (χ2v) is 7.79. The molecule has 0 aromatic rings. The monoisotopic (exact) mass is 293 g/mol. The van der Waals surface area contributed by atoms with Crippen LogP contribution in [0.15, 0.2) is 0 Å². The Labute approximate surface area is 127 Å². The summed E-state index contributed by atoms with van der Waals surface area (Å²) < 4.78 is 0. The highest BCUT2D eigenvalue weighted by molar-refractivity contribution is 5.82. The fourth-order valence-electron chi connectivity index (χ4n) is 3.75. The Bertz CT molecular complexity index is 440. The minimum Gasteiger partial charge on any atom is -0.341 e. The Morgan fingerprint density at radius 1 is 0.952 bits per heavy atom. The molecule has 1 spiro atoms. The molecule has 3 aliphatic heterocycles. The van der Waals surface area contributed by atoms with E-state index in [1.54, 1.807) is 0 Å². The third-order valence-electron chi connectivity index (χ3n) is 5.21. The van der Waals surface area contributed by atoms with Gasteiger partial charge in [-0.2, -0.15) is 0 Å². The van der Waals surface area contributed by atoms with Crippen LogP contribution in [0.25, 0.3) is 0 Å². The molecule has 21 heavy (non-hydrogen) atoms. The maximum Gasteiger partial charge on any atom is 0.228 e. The molecule has 0 bridgehead atoms. The van der Waals surface area contributed by atoms with Crippen molar-refractivity contribution in [2.45, 2.75) is 33.7 Å². The van der Waals surface area contributed by atoms with Gasteiger partial charge in [0.1, 0.15) is 0 Å². The topological polar surface area (TPSA) is 43.9 Å². The van der Waals surface area contributed by atoms with Crippen molar-refractivity contribution >= 4 is 11.8 Å². The third-order valence-corrected chi connectivity index (χ3v) is 5.21. The van der Waals surface area contributed by atoms with Crippen LogP contribution >= 0.6 is 0 Å². The summed E-state index contributed by atoms with van der Waals surface area (Å²) in [7, 11) is 0. The van der Waals surface area contributed by atoms with E-state index in [-0.39, 0.29) is 23.2 Å². The Balaban J connectivity index is 1.41. The van der Waals surface area contributed by atoms with Gasteiger partial charge in [0.05, 0.1) is 5.92 Å². The highest BCUT2D eigenvalue weighted by Gasteiger charge is 2.55. The largest absolute Gasteiger partial charge is 0.341 e. The third kappa shape index (κ3) is 2.45. The Kier molecular flexibility index (Phi) is 3.51. The fraction of sp³-hybridized carbons (Fsp3) is 0.875. The van der Waals surface area contributed by atoms with Crippen LogP contribution in [0.1, 0.15) is 27.7 Å². The van der Waals surface area contributed by atoms with E-state index in [0.717, 1.165) is 39.3 Å². The van der Waals surface area contributed by atoms with E-state index < -0.39 is 0 Å². The van der Waals surface area contributed by atoms with E-state index in [9.17, 15) is 9.59 Å². The molecule has 118 valence electrons. The van der Waals surface area contributed by atoms with Crippen LogP contribution in [-0.4, -0.2) is 71.8 Å². The highest BCUT2D eigenvalue weighted by atomic mass is 16.2. The lowest BCUT2D eigenvalue weighted by Crippen LogP contribution is -2.75. The van der Waals surface area contributed by atoms with Gasteiger partial charge in [-0.1, -0.05) is 13.8 Å². The molecule has 5 heteroatoms. The van der Waals surface area contributed by atoms with Crippen LogP contribution in [0, 0.1) is 17.3 Å². The molecular formula is C16H27N3O2. The number of nitrogens with zero attached hydrogens (tertiary/aromatic N) is 3. The zero-order valence-corrected chi connectivity index (χ0v) is 13.6. The zero-order valence-electron chi connectivity index (χ0n) is 13.6. The SMILES string of the molecule is CC(C)C(=O)N1CC2(C1)CN(C(=O)C1CN(C(C)C)C1)C2. The van der Waals surface area contributed by atoms with Crippen molar-refractivity contribution in [3.63, 3.8) is 0 Å². The first-order valence-electron chi connectivity index (χ1n) is 8.13. The second kappa shape index (κ2) is 4.97. The quantitative estimate of drug-likeness (QED) is 0.767. The van der Waals surface area contributed by atoms with Crippen molar-refractivity contribution in [3.8, 4) is 0 Å². The molecule has 3 saturated heterocycles. The minimum atomic E-state index is 0.0807. The molecule has 0 saturated carbocycles. The fourth-order valence-corrected chi connectivity index (χ4v) is 3.75. The summed E-state index contributed by atoms with van der Waals surface area (Å²) in [6.45, 7) is 13.5. The summed E-state index contributed by atoms with van der Waals surface area (Å²) in [5, 5.41) is 0. The summed E-state index contributed by atoms with van der Waals surface area (Å²) >= 11 is 0. The van der Waals surface area contributed by atoms with Crippen molar-refractivity contribution in [3.05, 3.63) is 0 Å². The molecule has 0 atom stereocenters. The maximum absolute atomic E-state index is 12.3. The lowest BCUT2D eigenvalue weighted by molar-refractivity contribution is -0.175. The number of hydrogen-bond acceptors (Lipinski definition) is 3. The van der Waals surface area contributed by atoms with Gasteiger partial charge in [-0.3, -0.25) is 14.5 Å². The molecule has 0 N–H and O–H groups in total. The smallest absolute Gasteiger partial charge is 0.228 e. The number of amides is 2. The first-order valence-corrected chi connectivity index (χ1v) is 8.13. The number of rotatable bonds is 3. The van der Waals surface area contributed by atoms with E-state index in [1.807, 2.05) is 23.6 Å². The van der Waals surface area contributed by atoms with Crippen molar-refractivity contribution in [2.24, 2.45) is 17.3 Å². The summed E-state index contributed by atoms with van der Waals surface area (Å²) in [6, 6.07) is 0.541. The number of carbonyl (C=O) groups excluding carboxylic acids is 2. The number of hydrogen-bond donors (Lipinski definition) is 0. The first-order chi connectivity index (χ1) is 9.81. The lowest BCUT2D eigenvalue weighted by Gasteiger charge is -2.61. The van der Waals surface area contributed by atoms with Gasteiger partial charge in [-0.05, 0) is 13.8 Å². The van der Waals surface area contributed by atoms with E-state index in [1.165, 1.54) is 0 Å². The van der Waals surface area contributed by atoms with E-state index in [4.69, 9.17) is 0 Å². The van der Waals surface area contributed by atoms with Gasteiger partial charge in [0.25, 0.3) is 0 Å². The van der Waals surface area contributed by atoms with Crippen LogP contribution in [0.3, 0.4) is 0 Å². The minimum absolute atomic E-state index is 0.0807. The van der Waals surface area contributed by atoms with Crippen LogP contribution in [-0.2, 0) is 9.59 Å². The lowest BCUT2D eigenvalue weighted by atomic mass is 9.72. The summed E-state index contributed by atoms with van der Waals surface area (Å²) in [6.07, 6.45) is 0. The summed E-state index contributed by atoms with van der Waals surface area (Å²) in [5.74, 6) is 0.860. The molecule has 3 heterocycles. The van der Waals surface area contributed by atoms with Gasteiger partial charge in [0.15, 0.2) is 0 Å². The number of likely N-dealkylation sites (tertiary alicyclic amines) is 3. The van der Waals surface area contributed by atoms with Crippen molar-refractivity contribution < 1.29 is 9.59 Å². The van der Waals surface area contributed by atoms with Crippen LogP contribution in [0.4, 0.5) is 0 Å². The zero-order chi connectivity index (χ0) is 15.4. The van der Waals surface area contributed by atoms with Gasteiger partial charge < -0.3 is 9.80 Å². The van der Waals surface area contributed by atoms with Crippen molar-refractivity contribution in [1.82, 2.24) is 14.7 Å². The van der Waals surface area contributed by atoms with Gasteiger partial charge in [0.2, 0.25) is 11.8 Å². The van der Waals surface area contributed by atoms with E-state index in [2.05, 4.69) is 18.7 Å². The van der Waals surface area contributed by atoms with Crippen LogP contribution in [0.2, 0.25) is 0 Å². The normalized spacial score (nSPS) is 25.0. The Hall–Kier alpha value is -1.10. The van der Waals surface area contributed by atoms with E-state index in [0.29, 0.717) is 11.9 Å². The second-order valence-electron chi connectivity index (χ2n) is 7.79. The molecule has 3 aliphatic rings.